The Morgan fingerprint density at radius 1 is 1.06 bits per heavy atom. The molecule has 1 N–H and O–H groups in total. The van der Waals surface area contributed by atoms with Gasteiger partial charge in [-0.25, -0.2) is 14.5 Å². The van der Waals surface area contributed by atoms with Crippen molar-refractivity contribution in [3.05, 3.63) is 81.1 Å². The van der Waals surface area contributed by atoms with Gasteiger partial charge in [0.1, 0.15) is 22.0 Å². The molecule has 0 radical (unpaired) electrons. The van der Waals surface area contributed by atoms with E-state index in [0.717, 1.165) is 27.3 Å². The van der Waals surface area contributed by atoms with Crippen LogP contribution in [0, 0.1) is 20.8 Å². The van der Waals surface area contributed by atoms with Crippen LogP contribution in [0.3, 0.4) is 0 Å². The second-order valence-corrected chi connectivity index (χ2v) is 8.92. The summed E-state index contributed by atoms with van der Waals surface area (Å²) in [5.41, 5.74) is 2.16. The third-order valence-corrected chi connectivity index (χ3v) is 6.24. The van der Waals surface area contributed by atoms with Crippen molar-refractivity contribution in [1.29, 1.82) is 0 Å². The van der Waals surface area contributed by atoms with Gasteiger partial charge in [-0.05, 0) is 57.5 Å². The van der Waals surface area contributed by atoms with Crippen molar-refractivity contribution < 1.29 is 0 Å². The first-order chi connectivity index (χ1) is 14.9. The second-order valence-electron chi connectivity index (χ2n) is 7.69. The highest BCUT2D eigenvalue weighted by atomic mass is 32.1. The highest BCUT2D eigenvalue weighted by Crippen LogP contribution is 2.30. The van der Waals surface area contributed by atoms with Crippen LogP contribution in [0.5, 0.6) is 0 Å². The molecule has 1 unspecified atom stereocenters. The lowest BCUT2D eigenvalue weighted by Gasteiger charge is -2.20. The van der Waals surface area contributed by atoms with Crippen LogP contribution in [-0.2, 0) is 0 Å². The minimum absolute atomic E-state index is 0.0947. The van der Waals surface area contributed by atoms with E-state index in [-0.39, 0.29) is 11.6 Å². The van der Waals surface area contributed by atoms with Crippen LogP contribution < -0.4 is 10.9 Å². The second kappa shape index (κ2) is 7.31. The monoisotopic (exact) mass is 430 g/mol. The molecule has 156 valence electrons. The number of nitrogens with zero attached hydrogens (tertiary/aromatic N) is 5. The van der Waals surface area contributed by atoms with Gasteiger partial charge in [-0.3, -0.25) is 9.36 Å². The van der Waals surface area contributed by atoms with Gasteiger partial charge in [-0.2, -0.15) is 5.10 Å². The lowest BCUT2D eigenvalue weighted by molar-refractivity contribution is 0.672. The topological polar surface area (TPSA) is 77.1 Å². The van der Waals surface area contributed by atoms with E-state index in [4.69, 9.17) is 5.10 Å². The number of para-hydroxylation sites is 1. The minimum atomic E-state index is -0.280. The van der Waals surface area contributed by atoms with E-state index in [1.807, 2.05) is 63.4 Å². The Hall–Kier alpha value is -3.52. The first-order valence-corrected chi connectivity index (χ1v) is 10.9. The molecule has 1 atom stereocenters. The van der Waals surface area contributed by atoms with E-state index in [9.17, 15) is 4.79 Å². The Kier molecular flexibility index (Phi) is 4.59. The summed E-state index contributed by atoms with van der Waals surface area (Å²) < 4.78 is 3.35. The summed E-state index contributed by atoms with van der Waals surface area (Å²) in [4.78, 5) is 24.8. The number of aromatic nitrogens is 5. The van der Waals surface area contributed by atoms with Crippen molar-refractivity contribution in [2.24, 2.45) is 0 Å². The highest BCUT2D eigenvalue weighted by Gasteiger charge is 2.21. The SMILES string of the molecule is Cc1nc(NC(C)c2nn3ccc(C)c3c(=O)n2-c2ccccc2)c2cc(C)sc2n1. The molecule has 1 aromatic carbocycles. The fraction of sp³-hybridized carbons (Fsp3) is 0.217. The number of rotatable bonds is 4. The van der Waals surface area contributed by atoms with Gasteiger partial charge in [0.05, 0.1) is 17.1 Å². The van der Waals surface area contributed by atoms with Gasteiger partial charge >= 0.3 is 0 Å². The molecule has 0 spiro atoms. The number of aryl methyl sites for hydroxylation is 3. The van der Waals surface area contributed by atoms with Gasteiger partial charge in [0.25, 0.3) is 5.56 Å². The van der Waals surface area contributed by atoms with E-state index < -0.39 is 0 Å². The van der Waals surface area contributed by atoms with Crippen molar-refractivity contribution in [2.75, 3.05) is 5.32 Å². The number of hydrogen-bond acceptors (Lipinski definition) is 6. The largest absolute Gasteiger partial charge is 0.360 e. The molecule has 0 aliphatic heterocycles. The van der Waals surface area contributed by atoms with Crippen LogP contribution >= 0.6 is 11.3 Å². The Balaban J connectivity index is 1.69. The van der Waals surface area contributed by atoms with Crippen molar-refractivity contribution in [3.8, 4) is 5.69 Å². The summed E-state index contributed by atoms with van der Waals surface area (Å²) in [5, 5.41) is 9.28. The first-order valence-electron chi connectivity index (χ1n) is 10.1. The molecule has 0 saturated heterocycles. The van der Waals surface area contributed by atoms with Crippen LogP contribution in [0.2, 0.25) is 0 Å². The number of anilines is 1. The van der Waals surface area contributed by atoms with E-state index in [2.05, 4.69) is 28.3 Å². The lowest BCUT2D eigenvalue weighted by atomic mass is 10.2. The highest BCUT2D eigenvalue weighted by molar-refractivity contribution is 7.18. The fourth-order valence-electron chi connectivity index (χ4n) is 3.87. The summed E-state index contributed by atoms with van der Waals surface area (Å²) in [6, 6.07) is 13.3. The summed E-state index contributed by atoms with van der Waals surface area (Å²) in [6.45, 7) is 7.86. The fourth-order valence-corrected chi connectivity index (χ4v) is 4.79. The van der Waals surface area contributed by atoms with Crippen LogP contribution in [0.15, 0.2) is 53.5 Å². The maximum absolute atomic E-state index is 13.5. The Morgan fingerprint density at radius 3 is 2.61 bits per heavy atom. The van der Waals surface area contributed by atoms with Crippen molar-refractivity contribution in [1.82, 2.24) is 24.1 Å². The van der Waals surface area contributed by atoms with Crippen molar-refractivity contribution in [3.63, 3.8) is 0 Å². The van der Waals surface area contributed by atoms with E-state index in [1.165, 1.54) is 4.88 Å². The number of fused-ring (bicyclic) bond motifs is 2. The van der Waals surface area contributed by atoms with Crippen LogP contribution in [0.4, 0.5) is 5.82 Å². The third-order valence-electron chi connectivity index (χ3n) is 5.30. The Morgan fingerprint density at radius 2 is 1.84 bits per heavy atom. The molecule has 4 aromatic heterocycles. The standard InChI is InChI=1S/C23H22N6OS/c1-13-10-11-28-19(13)23(30)29(17-8-6-5-7-9-17)21(27-28)15(3)24-20-18-12-14(2)31-22(18)26-16(4)25-20/h5-12,15H,1-4H3,(H,24,25,26). The zero-order chi connectivity index (χ0) is 21.7. The van der Waals surface area contributed by atoms with Gasteiger partial charge < -0.3 is 5.32 Å². The Labute approximate surface area is 183 Å². The molecule has 0 fully saturated rings. The lowest BCUT2D eigenvalue weighted by Crippen LogP contribution is -2.29. The molecule has 0 bridgehead atoms. The molecule has 4 heterocycles. The first kappa shape index (κ1) is 19.4. The summed E-state index contributed by atoms with van der Waals surface area (Å²) >= 11 is 1.64. The van der Waals surface area contributed by atoms with Crippen LogP contribution in [0.25, 0.3) is 21.4 Å². The predicted octanol–water partition coefficient (Wildman–Crippen LogP) is 4.59. The predicted molar refractivity (Wildman–Crippen MR) is 124 cm³/mol. The van der Waals surface area contributed by atoms with Gasteiger partial charge in [-0.1, -0.05) is 18.2 Å². The molecule has 0 aliphatic rings. The number of hydrogen-bond donors (Lipinski definition) is 1. The van der Waals surface area contributed by atoms with E-state index in [0.29, 0.717) is 17.2 Å². The van der Waals surface area contributed by atoms with Gasteiger partial charge in [-0.15, -0.1) is 11.3 Å². The summed E-state index contributed by atoms with van der Waals surface area (Å²) in [5.74, 6) is 2.06. The number of benzene rings is 1. The third kappa shape index (κ3) is 3.29. The molecule has 7 nitrogen and oxygen atoms in total. The average Bonchev–Trinajstić information content (AvgIpc) is 3.30. The van der Waals surface area contributed by atoms with Gasteiger partial charge in [0.2, 0.25) is 0 Å². The van der Waals surface area contributed by atoms with Crippen LogP contribution in [-0.4, -0.2) is 24.1 Å². The smallest absolute Gasteiger partial charge is 0.282 e. The van der Waals surface area contributed by atoms with Crippen molar-refractivity contribution in [2.45, 2.75) is 33.7 Å². The average molecular weight is 431 g/mol. The van der Waals surface area contributed by atoms with Gasteiger partial charge in [0.15, 0.2) is 5.82 Å². The van der Waals surface area contributed by atoms with Crippen molar-refractivity contribution >= 4 is 32.9 Å². The molecule has 31 heavy (non-hydrogen) atoms. The zero-order valence-electron chi connectivity index (χ0n) is 17.7. The normalized spacial score (nSPS) is 12.5. The molecular formula is C23H22N6OS. The maximum atomic E-state index is 13.5. The molecule has 5 rings (SSSR count). The summed E-state index contributed by atoms with van der Waals surface area (Å²) in [7, 11) is 0. The van der Waals surface area contributed by atoms with E-state index >= 15 is 0 Å². The molecule has 5 aromatic rings. The quantitative estimate of drug-likeness (QED) is 0.451. The Bertz CT molecular complexity index is 1480. The minimum Gasteiger partial charge on any atom is -0.360 e. The van der Waals surface area contributed by atoms with Gasteiger partial charge in [0, 0.05) is 11.1 Å². The maximum Gasteiger partial charge on any atom is 0.282 e. The van der Waals surface area contributed by atoms with Crippen LogP contribution in [0.1, 0.15) is 35.1 Å². The number of thiophene rings is 1. The molecule has 0 amide bonds. The molecule has 0 aliphatic carbocycles. The zero-order valence-corrected chi connectivity index (χ0v) is 18.6. The number of nitrogens with one attached hydrogen (secondary N) is 1. The molecule has 0 saturated carbocycles. The molecular weight excluding hydrogens is 408 g/mol. The van der Waals surface area contributed by atoms with E-state index in [1.54, 1.807) is 20.4 Å². The summed E-state index contributed by atoms with van der Waals surface area (Å²) in [6.07, 6.45) is 1.83. The molecule has 8 heteroatoms.